The van der Waals surface area contributed by atoms with Gasteiger partial charge in [-0.15, -0.1) is 0 Å². The highest BCUT2D eigenvalue weighted by Gasteiger charge is 2.43. The standard InChI is InChI=1S/C15H17N3O3/c19-14-11-7-18(6-9(11)5-16-14)13-10(15(20)21)4-8-2-1-3-12(8)17-13/h4,9,11H,1-3,5-7H2,(H,16,19)(H,20,21)/t9-,11+/m0/s1. The molecule has 21 heavy (non-hydrogen) atoms. The Hall–Kier alpha value is -2.11. The summed E-state index contributed by atoms with van der Waals surface area (Å²) < 4.78 is 0. The number of aromatic carboxylic acids is 1. The number of fused-ring (bicyclic) bond motifs is 2. The molecular formula is C15H17N3O3. The lowest BCUT2D eigenvalue weighted by Gasteiger charge is -2.21. The zero-order chi connectivity index (χ0) is 14.6. The summed E-state index contributed by atoms with van der Waals surface area (Å²) >= 11 is 0. The van der Waals surface area contributed by atoms with Crippen LogP contribution in [-0.2, 0) is 17.6 Å². The molecule has 0 aromatic carbocycles. The predicted octanol–water partition coefficient (Wildman–Crippen LogP) is 0.451. The number of anilines is 1. The van der Waals surface area contributed by atoms with Crippen molar-refractivity contribution in [2.24, 2.45) is 11.8 Å². The van der Waals surface area contributed by atoms with E-state index in [0.717, 1.165) is 30.5 Å². The van der Waals surface area contributed by atoms with E-state index in [1.807, 2.05) is 4.90 Å². The van der Waals surface area contributed by atoms with E-state index in [2.05, 4.69) is 10.3 Å². The fraction of sp³-hybridized carbons (Fsp3) is 0.533. The fourth-order valence-electron chi connectivity index (χ4n) is 3.77. The smallest absolute Gasteiger partial charge is 0.339 e. The van der Waals surface area contributed by atoms with Crippen molar-refractivity contribution in [3.63, 3.8) is 0 Å². The second-order valence-electron chi connectivity index (χ2n) is 6.14. The molecule has 2 saturated heterocycles. The number of pyridine rings is 1. The molecule has 2 atom stereocenters. The normalized spacial score (nSPS) is 26.7. The average molecular weight is 287 g/mol. The molecule has 6 nitrogen and oxygen atoms in total. The third-order valence-electron chi connectivity index (χ3n) is 4.88. The number of hydrogen-bond acceptors (Lipinski definition) is 4. The fourth-order valence-corrected chi connectivity index (χ4v) is 3.77. The monoisotopic (exact) mass is 287 g/mol. The number of amides is 1. The van der Waals surface area contributed by atoms with Crippen LogP contribution in [0.1, 0.15) is 28.0 Å². The number of aromatic nitrogens is 1. The summed E-state index contributed by atoms with van der Waals surface area (Å²) in [6.07, 6.45) is 2.87. The van der Waals surface area contributed by atoms with Gasteiger partial charge in [-0.1, -0.05) is 0 Å². The Kier molecular flexibility index (Phi) is 2.67. The number of nitrogens with one attached hydrogen (secondary N) is 1. The minimum atomic E-state index is -0.936. The summed E-state index contributed by atoms with van der Waals surface area (Å²) in [6.45, 7) is 1.96. The third-order valence-corrected chi connectivity index (χ3v) is 4.88. The van der Waals surface area contributed by atoms with Crippen molar-refractivity contribution >= 4 is 17.7 Å². The summed E-state index contributed by atoms with van der Waals surface area (Å²) in [5.74, 6) is -0.0597. The van der Waals surface area contributed by atoms with Gasteiger partial charge in [-0.3, -0.25) is 4.79 Å². The first-order valence-corrected chi connectivity index (χ1v) is 7.42. The second kappa shape index (κ2) is 4.44. The van der Waals surface area contributed by atoms with Crippen molar-refractivity contribution in [3.8, 4) is 0 Å². The number of rotatable bonds is 2. The molecule has 0 spiro atoms. The number of carbonyl (C=O) groups excluding carboxylic acids is 1. The number of carboxylic acids is 1. The average Bonchev–Trinajstić information content (AvgIpc) is 3.14. The number of hydrogen-bond donors (Lipinski definition) is 2. The molecule has 2 N–H and O–H groups in total. The number of carbonyl (C=O) groups is 2. The topological polar surface area (TPSA) is 82.5 Å². The molecule has 1 amide bonds. The van der Waals surface area contributed by atoms with E-state index in [0.29, 0.717) is 25.5 Å². The Labute approximate surface area is 122 Å². The maximum absolute atomic E-state index is 11.8. The lowest BCUT2D eigenvalue weighted by molar-refractivity contribution is -0.122. The summed E-state index contributed by atoms with van der Waals surface area (Å²) in [4.78, 5) is 29.9. The van der Waals surface area contributed by atoms with Crippen LogP contribution >= 0.6 is 0 Å². The van der Waals surface area contributed by atoms with Crippen LogP contribution in [0, 0.1) is 11.8 Å². The van der Waals surface area contributed by atoms with Crippen LogP contribution in [0.4, 0.5) is 5.82 Å². The lowest BCUT2D eigenvalue weighted by atomic mass is 10.0. The molecule has 1 aromatic heterocycles. The minimum Gasteiger partial charge on any atom is -0.478 e. The number of carboxylic acid groups (broad SMARTS) is 1. The molecule has 3 aliphatic rings. The first kappa shape index (κ1) is 12.6. The van der Waals surface area contributed by atoms with E-state index in [-0.39, 0.29) is 23.3 Å². The summed E-state index contributed by atoms with van der Waals surface area (Å²) in [6, 6.07) is 1.78. The van der Waals surface area contributed by atoms with Crippen LogP contribution in [0.2, 0.25) is 0 Å². The van der Waals surface area contributed by atoms with Crippen molar-refractivity contribution in [1.29, 1.82) is 0 Å². The summed E-state index contributed by atoms with van der Waals surface area (Å²) in [7, 11) is 0. The van der Waals surface area contributed by atoms with Crippen LogP contribution in [0.3, 0.4) is 0 Å². The number of nitrogens with zero attached hydrogens (tertiary/aromatic N) is 2. The molecule has 0 radical (unpaired) electrons. The van der Waals surface area contributed by atoms with Crippen LogP contribution < -0.4 is 10.2 Å². The first-order valence-electron chi connectivity index (χ1n) is 7.42. The van der Waals surface area contributed by atoms with E-state index in [4.69, 9.17) is 0 Å². The van der Waals surface area contributed by atoms with Gasteiger partial charge in [0, 0.05) is 31.2 Å². The Morgan fingerprint density at radius 1 is 1.38 bits per heavy atom. The van der Waals surface area contributed by atoms with Gasteiger partial charge in [0.2, 0.25) is 5.91 Å². The Morgan fingerprint density at radius 3 is 3.00 bits per heavy atom. The summed E-state index contributed by atoms with van der Waals surface area (Å²) in [5, 5.41) is 12.3. The van der Waals surface area contributed by atoms with Gasteiger partial charge in [-0.25, -0.2) is 9.78 Å². The quantitative estimate of drug-likeness (QED) is 0.825. The minimum absolute atomic E-state index is 0.0262. The largest absolute Gasteiger partial charge is 0.478 e. The molecule has 1 aliphatic carbocycles. The van der Waals surface area contributed by atoms with Gasteiger partial charge in [-0.2, -0.15) is 0 Å². The molecule has 2 aliphatic heterocycles. The Balaban J connectivity index is 1.72. The van der Waals surface area contributed by atoms with Gasteiger partial charge < -0.3 is 15.3 Å². The van der Waals surface area contributed by atoms with E-state index in [1.165, 1.54) is 0 Å². The third kappa shape index (κ3) is 1.89. The summed E-state index contributed by atoms with van der Waals surface area (Å²) in [5.41, 5.74) is 2.36. The molecule has 1 aromatic rings. The van der Waals surface area contributed by atoms with Crippen molar-refractivity contribution < 1.29 is 14.7 Å². The predicted molar refractivity (Wildman–Crippen MR) is 75.4 cm³/mol. The molecule has 0 saturated carbocycles. The molecular weight excluding hydrogens is 270 g/mol. The van der Waals surface area contributed by atoms with Crippen LogP contribution in [-0.4, -0.2) is 41.6 Å². The van der Waals surface area contributed by atoms with Crippen molar-refractivity contribution in [2.75, 3.05) is 24.5 Å². The second-order valence-corrected chi connectivity index (χ2v) is 6.14. The van der Waals surface area contributed by atoms with Gasteiger partial charge in [0.05, 0.1) is 5.92 Å². The van der Waals surface area contributed by atoms with Crippen molar-refractivity contribution in [2.45, 2.75) is 19.3 Å². The molecule has 2 fully saturated rings. The van der Waals surface area contributed by atoms with Gasteiger partial charge in [-0.05, 0) is 30.9 Å². The highest BCUT2D eigenvalue weighted by atomic mass is 16.4. The maximum Gasteiger partial charge on any atom is 0.339 e. The van der Waals surface area contributed by atoms with Crippen LogP contribution in [0.5, 0.6) is 0 Å². The first-order chi connectivity index (χ1) is 10.1. The van der Waals surface area contributed by atoms with Crippen molar-refractivity contribution in [1.82, 2.24) is 10.3 Å². The van der Waals surface area contributed by atoms with Gasteiger partial charge in [0.25, 0.3) is 0 Å². The van der Waals surface area contributed by atoms with Crippen molar-refractivity contribution in [3.05, 3.63) is 22.9 Å². The molecule has 6 heteroatoms. The molecule has 3 heterocycles. The van der Waals surface area contributed by atoms with Crippen LogP contribution in [0.15, 0.2) is 6.07 Å². The highest BCUT2D eigenvalue weighted by Crippen LogP contribution is 2.34. The number of aryl methyl sites for hydroxylation is 2. The molecule has 110 valence electrons. The van der Waals surface area contributed by atoms with Gasteiger partial charge >= 0.3 is 5.97 Å². The van der Waals surface area contributed by atoms with E-state index < -0.39 is 5.97 Å². The van der Waals surface area contributed by atoms with E-state index >= 15 is 0 Å². The lowest BCUT2D eigenvalue weighted by Crippen LogP contribution is -2.30. The van der Waals surface area contributed by atoms with E-state index in [9.17, 15) is 14.7 Å². The van der Waals surface area contributed by atoms with Gasteiger partial charge in [0.1, 0.15) is 11.4 Å². The van der Waals surface area contributed by atoms with Crippen LogP contribution in [0.25, 0.3) is 0 Å². The SMILES string of the molecule is O=C(O)c1cc2c(nc1N1C[C@@H]3CNC(=O)[C@@H]3C1)CCC2. The maximum atomic E-state index is 11.8. The Bertz CT molecular complexity index is 643. The zero-order valence-corrected chi connectivity index (χ0v) is 11.6. The van der Waals surface area contributed by atoms with Gasteiger partial charge in [0.15, 0.2) is 0 Å². The molecule has 0 unspecified atom stereocenters. The Morgan fingerprint density at radius 2 is 2.24 bits per heavy atom. The molecule has 0 bridgehead atoms. The van der Waals surface area contributed by atoms with E-state index in [1.54, 1.807) is 6.07 Å². The highest BCUT2D eigenvalue weighted by molar-refractivity contribution is 5.94. The molecule has 4 rings (SSSR count). The zero-order valence-electron chi connectivity index (χ0n) is 11.6.